The highest BCUT2D eigenvalue weighted by Gasteiger charge is 2.17. The number of hydrogen-bond donors (Lipinski definition) is 2. The Morgan fingerprint density at radius 3 is 2.40 bits per heavy atom. The van der Waals surface area contributed by atoms with Crippen LogP contribution in [-0.2, 0) is 11.2 Å². The third-order valence-corrected chi connectivity index (χ3v) is 5.37. The number of amides is 2. The number of fused-ring (bicyclic) bond motifs is 1. The van der Waals surface area contributed by atoms with E-state index in [9.17, 15) is 9.59 Å². The minimum atomic E-state index is -0.608. The third-order valence-electron chi connectivity index (χ3n) is 5.37. The number of nitrogens with two attached hydrogens (primary N) is 1. The quantitative estimate of drug-likeness (QED) is 0.596. The van der Waals surface area contributed by atoms with Gasteiger partial charge >= 0.3 is 0 Å². The Kier molecular flexibility index (Phi) is 6.34. The van der Waals surface area contributed by atoms with E-state index in [-0.39, 0.29) is 11.6 Å². The molecule has 0 bridgehead atoms. The summed E-state index contributed by atoms with van der Waals surface area (Å²) in [5.74, 6) is -0.670. The van der Waals surface area contributed by atoms with Crippen molar-refractivity contribution in [3.63, 3.8) is 0 Å². The molecule has 0 radical (unpaired) electrons. The summed E-state index contributed by atoms with van der Waals surface area (Å²) >= 11 is 0. The van der Waals surface area contributed by atoms with Crippen molar-refractivity contribution in [2.45, 2.75) is 40.5 Å². The molecule has 0 fully saturated rings. The van der Waals surface area contributed by atoms with E-state index in [2.05, 4.69) is 34.0 Å². The van der Waals surface area contributed by atoms with Crippen molar-refractivity contribution >= 4 is 28.8 Å². The molecule has 158 valence electrons. The van der Waals surface area contributed by atoms with Crippen LogP contribution in [0.3, 0.4) is 0 Å². The van der Waals surface area contributed by atoms with E-state index in [0.29, 0.717) is 18.5 Å². The topological polar surface area (TPSA) is 106 Å². The van der Waals surface area contributed by atoms with E-state index in [4.69, 9.17) is 5.73 Å². The first-order valence-corrected chi connectivity index (χ1v) is 10.1. The van der Waals surface area contributed by atoms with Crippen LogP contribution < -0.4 is 16.0 Å². The molecule has 8 heteroatoms. The fraction of sp³-hybridized carbons (Fsp3) is 0.364. The van der Waals surface area contributed by atoms with Gasteiger partial charge in [-0.2, -0.15) is 0 Å². The highest BCUT2D eigenvalue weighted by atomic mass is 16.2. The number of rotatable bonds is 8. The molecule has 2 amide bonds. The monoisotopic (exact) mass is 408 g/mol. The molecule has 0 saturated carbocycles. The zero-order chi connectivity index (χ0) is 21.8. The Labute approximate surface area is 176 Å². The number of primary amides is 1. The van der Waals surface area contributed by atoms with Crippen molar-refractivity contribution in [1.29, 1.82) is 0 Å². The molecule has 0 aliphatic rings. The molecule has 3 N–H and O–H groups in total. The Morgan fingerprint density at radius 2 is 1.80 bits per heavy atom. The molecule has 0 aliphatic heterocycles. The SMILES string of the molecule is CCN(CC)c1ccc(NC(=O)CCc2c(C)nc3c(C(N)=O)ncn3c2C)cc1. The van der Waals surface area contributed by atoms with Gasteiger partial charge in [-0.15, -0.1) is 0 Å². The second kappa shape index (κ2) is 8.94. The number of carbonyl (C=O) groups excluding carboxylic acids is 2. The molecular weight excluding hydrogens is 380 g/mol. The Bertz CT molecular complexity index is 1070. The molecule has 3 aromatic rings. The lowest BCUT2D eigenvalue weighted by Crippen LogP contribution is -2.21. The first-order chi connectivity index (χ1) is 14.3. The van der Waals surface area contributed by atoms with Gasteiger partial charge in [-0.25, -0.2) is 9.97 Å². The van der Waals surface area contributed by atoms with E-state index in [1.165, 1.54) is 6.33 Å². The summed E-state index contributed by atoms with van der Waals surface area (Å²) in [5.41, 5.74) is 10.5. The largest absolute Gasteiger partial charge is 0.372 e. The summed E-state index contributed by atoms with van der Waals surface area (Å²) in [7, 11) is 0. The van der Waals surface area contributed by atoms with Gasteiger partial charge in [0.1, 0.15) is 6.33 Å². The lowest BCUT2D eigenvalue weighted by Gasteiger charge is -2.21. The van der Waals surface area contributed by atoms with Gasteiger partial charge in [0.2, 0.25) is 5.91 Å². The molecule has 0 atom stereocenters. The Hall–Kier alpha value is -3.42. The Morgan fingerprint density at radius 1 is 1.13 bits per heavy atom. The predicted octanol–water partition coefficient (Wildman–Crippen LogP) is 2.86. The maximum atomic E-state index is 12.5. The second-order valence-electron chi connectivity index (χ2n) is 7.18. The lowest BCUT2D eigenvalue weighted by atomic mass is 10.1. The van der Waals surface area contributed by atoms with Crippen molar-refractivity contribution in [3.8, 4) is 0 Å². The van der Waals surface area contributed by atoms with Gasteiger partial charge in [0.05, 0.1) is 0 Å². The molecule has 0 spiro atoms. The van der Waals surface area contributed by atoms with Crippen LogP contribution in [0.2, 0.25) is 0 Å². The van der Waals surface area contributed by atoms with E-state index < -0.39 is 5.91 Å². The standard InChI is InChI=1S/C22H28N6O2/c1-5-27(6-2)17-9-7-16(8-10-17)26-19(29)12-11-18-14(3)25-22-20(21(23)30)24-13-28(22)15(18)4/h7-10,13H,5-6,11-12H2,1-4H3,(H2,23,30)(H,26,29). The lowest BCUT2D eigenvalue weighted by molar-refractivity contribution is -0.116. The van der Waals surface area contributed by atoms with Crippen LogP contribution in [0.5, 0.6) is 0 Å². The number of aromatic nitrogens is 3. The van der Waals surface area contributed by atoms with Crippen LogP contribution in [0, 0.1) is 13.8 Å². The number of hydrogen-bond acceptors (Lipinski definition) is 5. The Balaban J connectivity index is 1.69. The fourth-order valence-electron chi connectivity index (χ4n) is 3.67. The predicted molar refractivity (Wildman–Crippen MR) is 118 cm³/mol. The molecule has 1 aromatic carbocycles. The summed E-state index contributed by atoms with van der Waals surface area (Å²) in [5, 5.41) is 2.95. The van der Waals surface area contributed by atoms with Crippen molar-refractivity contribution < 1.29 is 9.59 Å². The van der Waals surface area contributed by atoms with Crippen LogP contribution >= 0.6 is 0 Å². The van der Waals surface area contributed by atoms with Crippen LogP contribution in [0.1, 0.15) is 47.7 Å². The van der Waals surface area contributed by atoms with Gasteiger partial charge in [0.15, 0.2) is 11.3 Å². The molecule has 0 aliphatic carbocycles. The maximum absolute atomic E-state index is 12.5. The minimum absolute atomic E-state index is 0.0621. The third kappa shape index (κ3) is 4.27. The van der Waals surface area contributed by atoms with Crippen LogP contribution in [0.4, 0.5) is 11.4 Å². The van der Waals surface area contributed by atoms with E-state index >= 15 is 0 Å². The molecule has 0 saturated heterocycles. The van der Waals surface area contributed by atoms with Crippen molar-refractivity contribution in [2.75, 3.05) is 23.3 Å². The zero-order valence-electron chi connectivity index (χ0n) is 17.9. The number of aryl methyl sites for hydroxylation is 2. The first kappa shape index (κ1) is 21.3. The number of carbonyl (C=O) groups is 2. The van der Waals surface area contributed by atoms with Gasteiger partial charge in [-0.05, 0) is 63.9 Å². The van der Waals surface area contributed by atoms with Crippen molar-refractivity contribution in [1.82, 2.24) is 14.4 Å². The molecule has 0 unspecified atom stereocenters. The normalized spacial score (nSPS) is 10.9. The average Bonchev–Trinajstić information content (AvgIpc) is 3.14. The zero-order valence-corrected chi connectivity index (χ0v) is 17.9. The number of nitrogens with zero attached hydrogens (tertiary/aromatic N) is 4. The van der Waals surface area contributed by atoms with E-state index in [1.807, 2.05) is 38.1 Å². The minimum Gasteiger partial charge on any atom is -0.372 e. The van der Waals surface area contributed by atoms with Crippen molar-refractivity contribution in [2.24, 2.45) is 5.73 Å². The molecule has 2 heterocycles. The average molecular weight is 409 g/mol. The van der Waals surface area contributed by atoms with Gasteiger partial charge < -0.3 is 16.0 Å². The van der Waals surface area contributed by atoms with Crippen LogP contribution in [0.15, 0.2) is 30.6 Å². The summed E-state index contributed by atoms with van der Waals surface area (Å²) in [6.07, 6.45) is 2.40. The molecule has 30 heavy (non-hydrogen) atoms. The van der Waals surface area contributed by atoms with E-state index in [1.54, 1.807) is 4.40 Å². The summed E-state index contributed by atoms with van der Waals surface area (Å²) in [6.45, 7) is 9.91. The van der Waals surface area contributed by atoms with Gasteiger partial charge in [0.25, 0.3) is 5.91 Å². The van der Waals surface area contributed by atoms with Gasteiger partial charge in [-0.3, -0.25) is 14.0 Å². The van der Waals surface area contributed by atoms with Crippen LogP contribution in [0.25, 0.3) is 5.65 Å². The van der Waals surface area contributed by atoms with Gasteiger partial charge in [0, 0.05) is 42.3 Å². The second-order valence-corrected chi connectivity index (χ2v) is 7.18. The highest BCUT2D eigenvalue weighted by molar-refractivity contribution is 5.96. The molecule has 2 aromatic heterocycles. The van der Waals surface area contributed by atoms with Crippen LogP contribution in [-0.4, -0.2) is 39.3 Å². The molecular formula is C22H28N6O2. The number of nitrogens with one attached hydrogen (secondary N) is 1. The summed E-state index contributed by atoms with van der Waals surface area (Å²) in [6, 6.07) is 7.88. The number of benzene rings is 1. The van der Waals surface area contributed by atoms with Crippen molar-refractivity contribution in [3.05, 3.63) is 53.2 Å². The molecule has 8 nitrogen and oxygen atoms in total. The summed E-state index contributed by atoms with van der Waals surface area (Å²) < 4.78 is 1.74. The number of imidazole rings is 1. The van der Waals surface area contributed by atoms with Gasteiger partial charge in [-0.1, -0.05) is 0 Å². The molecule has 3 rings (SSSR count). The summed E-state index contributed by atoms with van der Waals surface area (Å²) in [4.78, 5) is 34.8. The maximum Gasteiger partial charge on any atom is 0.271 e. The van der Waals surface area contributed by atoms with E-state index in [0.717, 1.165) is 41.4 Å². The first-order valence-electron chi connectivity index (χ1n) is 10.1. The highest BCUT2D eigenvalue weighted by Crippen LogP contribution is 2.20. The smallest absolute Gasteiger partial charge is 0.271 e. The number of anilines is 2. The fourth-order valence-corrected chi connectivity index (χ4v) is 3.67.